The molecule has 0 aliphatic carbocycles. The van der Waals surface area contributed by atoms with Crippen LogP contribution in [0, 0.1) is 0 Å². The fourth-order valence-electron chi connectivity index (χ4n) is 0.160. The van der Waals surface area contributed by atoms with Crippen LogP contribution in [0.1, 0.15) is 13.8 Å². The summed E-state index contributed by atoms with van der Waals surface area (Å²) in [6, 6.07) is 0. The SMILES string of the molecule is CC[O][Pb][O]CC. The Kier molecular flexibility index (Phi) is 7.67. The Labute approximate surface area is 57.7 Å². The van der Waals surface area contributed by atoms with Crippen molar-refractivity contribution in [3.63, 3.8) is 0 Å². The van der Waals surface area contributed by atoms with Gasteiger partial charge < -0.3 is 0 Å². The maximum atomic E-state index is 5.05. The molecule has 3 heteroatoms. The fraction of sp³-hybridized carbons (Fsp3) is 1.00. The molecule has 0 unspecified atom stereocenters. The zero-order valence-corrected chi connectivity index (χ0v) is 8.62. The van der Waals surface area contributed by atoms with Crippen molar-refractivity contribution >= 4 is 25.1 Å². The molecular weight excluding hydrogens is 287 g/mol. The van der Waals surface area contributed by atoms with E-state index in [0.29, 0.717) is 0 Å². The molecule has 0 spiro atoms. The minimum absolute atomic E-state index is 0.823. The Morgan fingerprint density at radius 2 is 1.57 bits per heavy atom. The third-order valence-electron chi connectivity index (χ3n) is 0.407. The van der Waals surface area contributed by atoms with Gasteiger partial charge in [0, 0.05) is 0 Å². The predicted octanol–water partition coefficient (Wildman–Crippen LogP) is 0.594. The summed E-state index contributed by atoms with van der Waals surface area (Å²) in [7, 11) is 0. The van der Waals surface area contributed by atoms with Gasteiger partial charge in [-0.1, -0.05) is 0 Å². The summed E-state index contributed by atoms with van der Waals surface area (Å²) in [5.41, 5.74) is 0. The summed E-state index contributed by atoms with van der Waals surface area (Å²) >= 11 is -0.999. The Bertz CT molecular complexity index is 28.9. The van der Waals surface area contributed by atoms with E-state index in [1.807, 2.05) is 13.8 Å². The van der Waals surface area contributed by atoms with Crippen LogP contribution in [0.3, 0.4) is 0 Å². The zero-order chi connectivity index (χ0) is 5.54. The summed E-state index contributed by atoms with van der Waals surface area (Å²) in [6.07, 6.45) is 0. The van der Waals surface area contributed by atoms with Crippen LogP contribution in [0.15, 0.2) is 0 Å². The maximum absolute atomic E-state index is 5.05. The van der Waals surface area contributed by atoms with Crippen molar-refractivity contribution in [1.29, 1.82) is 0 Å². The normalized spacial score (nSPS) is 9.43. The molecule has 0 N–H and O–H groups in total. The summed E-state index contributed by atoms with van der Waals surface area (Å²) in [5.74, 6) is 0. The minimum atomic E-state index is -0.999. The van der Waals surface area contributed by atoms with Gasteiger partial charge in [-0.05, 0) is 0 Å². The predicted molar refractivity (Wildman–Crippen MR) is 29.0 cm³/mol. The second-order valence-corrected chi connectivity index (χ2v) is 3.84. The van der Waals surface area contributed by atoms with Crippen LogP contribution < -0.4 is 0 Å². The Balaban J connectivity index is 2.45. The average molecular weight is 297 g/mol. The van der Waals surface area contributed by atoms with E-state index in [2.05, 4.69) is 0 Å². The molecule has 0 fully saturated rings. The Morgan fingerprint density at radius 1 is 1.14 bits per heavy atom. The molecular formula is C4H10O2Pb. The van der Waals surface area contributed by atoms with E-state index in [1.54, 1.807) is 0 Å². The van der Waals surface area contributed by atoms with E-state index in [9.17, 15) is 0 Å². The fourth-order valence-corrected chi connectivity index (χ4v) is 1.40. The Morgan fingerprint density at radius 3 is 1.86 bits per heavy atom. The van der Waals surface area contributed by atoms with Gasteiger partial charge in [-0.15, -0.1) is 0 Å². The molecule has 0 rings (SSSR count). The van der Waals surface area contributed by atoms with Crippen LogP contribution in [0.5, 0.6) is 0 Å². The molecule has 0 aliphatic rings. The standard InChI is InChI=1S/2C2H5O.Pb/c2*1-2-3;/h2*2H2,1H3;/q2*-1;+2. The van der Waals surface area contributed by atoms with Crippen LogP contribution in [-0.2, 0) is 5.37 Å². The molecule has 0 aromatic heterocycles. The monoisotopic (exact) mass is 298 g/mol. The van der Waals surface area contributed by atoms with Crippen LogP contribution in [-0.4, -0.2) is 38.4 Å². The van der Waals surface area contributed by atoms with Gasteiger partial charge in [-0.25, -0.2) is 0 Å². The van der Waals surface area contributed by atoms with Gasteiger partial charge in [-0.3, -0.25) is 0 Å². The topological polar surface area (TPSA) is 18.5 Å². The molecule has 0 amide bonds. The van der Waals surface area contributed by atoms with Gasteiger partial charge >= 0.3 is 57.6 Å². The summed E-state index contributed by atoms with van der Waals surface area (Å²) in [5, 5.41) is 0. The Hall–Kier alpha value is 0.842. The van der Waals surface area contributed by atoms with Gasteiger partial charge in [-0.2, -0.15) is 0 Å². The first-order valence-corrected chi connectivity index (χ1v) is 5.57. The van der Waals surface area contributed by atoms with E-state index in [-0.39, 0.29) is 0 Å². The second kappa shape index (κ2) is 6.84. The van der Waals surface area contributed by atoms with Gasteiger partial charge in [0.1, 0.15) is 0 Å². The van der Waals surface area contributed by atoms with Crippen LogP contribution >= 0.6 is 0 Å². The molecule has 0 saturated carbocycles. The van der Waals surface area contributed by atoms with E-state index in [1.165, 1.54) is 0 Å². The van der Waals surface area contributed by atoms with Gasteiger partial charge in [0.25, 0.3) is 0 Å². The van der Waals surface area contributed by atoms with Gasteiger partial charge in [0.05, 0.1) is 0 Å². The van der Waals surface area contributed by atoms with Gasteiger partial charge in [0.2, 0.25) is 0 Å². The summed E-state index contributed by atoms with van der Waals surface area (Å²) in [6.45, 7) is 5.63. The summed E-state index contributed by atoms with van der Waals surface area (Å²) in [4.78, 5) is 0. The van der Waals surface area contributed by atoms with Crippen molar-refractivity contribution in [2.75, 3.05) is 13.2 Å². The number of rotatable bonds is 4. The molecule has 0 saturated heterocycles. The van der Waals surface area contributed by atoms with Crippen molar-refractivity contribution in [3.05, 3.63) is 0 Å². The first-order chi connectivity index (χ1) is 3.41. The third-order valence-corrected chi connectivity index (χ3v) is 3.57. The molecule has 2 nitrogen and oxygen atoms in total. The van der Waals surface area contributed by atoms with E-state index >= 15 is 0 Å². The quantitative estimate of drug-likeness (QED) is 0.559. The molecule has 2 radical (unpaired) electrons. The van der Waals surface area contributed by atoms with Crippen LogP contribution in [0.4, 0.5) is 0 Å². The molecule has 7 heavy (non-hydrogen) atoms. The molecule has 0 aromatic carbocycles. The van der Waals surface area contributed by atoms with Crippen molar-refractivity contribution in [3.8, 4) is 0 Å². The number of hydrogen-bond donors (Lipinski definition) is 0. The summed E-state index contributed by atoms with van der Waals surface area (Å²) < 4.78 is 10.1. The third kappa shape index (κ3) is 6.84. The van der Waals surface area contributed by atoms with Crippen molar-refractivity contribution in [1.82, 2.24) is 0 Å². The van der Waals surface area contributed by atoms with E-state index < -0.39 is 25.1 Å². The molecule has 0 aromatic rings. The molecule has 0 aliphatic heterocycles. The van der Waals surface area contributed by atoms with Crippen LogP contribution in [0.2, 0.25) is 0 Å². The van der Waals surface area contributed by atoms with E-state index in [4.69, 9.17) is 5.37 Å². The van der Waals surface area contributed by atoms with E-state index in [0.717, 1.165) is 13.2 Å². The van der Waals surface area contributed by atoms with Crippen LogP contribution in [0.25, 0.3) is 0 Å². The molecule has 0 atom stereocenters. The molecule has 0 heterocycles. The first kappa shape index (κ1) is 7.84. The molecule has 42 valence electrons. The van der Waals surface area contributed by atoms with Crippen molar-refractivity contribution in [2.24, 2.45) is 0 Å². The molecule has 0 bridgehead atoms. The van der Waals surface area contributed by atoms with Crippen molar-refractivity contribution in [2.45, 2.75) is 13.8 Å². The van der Waals surface area contributed by atoms with Crippen molar-refractivity contribution < 1.29 is 5.37 Å². The average Bonchev–Trinajstić information content (AvgIpc) is 1.69. The second-order valence-electron chi connectivity index (χ2n) is 0.949. The zero-order valence-electron chi connectivity index (χ0n) is 4.73. The van der Waals surface area contributed by atoms with Gasteiger partial charge in [0.15, 0.2) is 0 Å². The first-order valence-electron chi connectivity index (χ1n) is 2.40. The number of hydrogen-bond acceptors (Lipinski definition) is 2.